The standard InChI is InChI=1S/C12H18N2O3S/c1-4-14-12(15)9(3)18(16,17)11-7-5-6-10(13)8(11)2/h5-7,9H,4,13H2,1-3H3,(H,14,15). The highest BCUT2D eigenvalue weighted by Gasteiger charge is 2.30. The largest absolute Gasteiger partial charge is 0.398 e. The van der Waals surface area contributed by atoms with Crippen molar-refractivity contribution < 1.29 is 13.2 Å². The molecule has 1 rings (SSSR count). The van der Waals surface area contributed by atoms with Gasteiger partial charge in [-0.3, -0.25) is 4.79 Å². The molecule has 1 amide bonds. The van der Waals surface area contributed by atoms with Gasteiger partial charge in [-0.15, -0.1) is 0 Å². The monoisotopic (exact) mass is 270 g/mol. The summed E-state index contributed by atoms with van der Waals surface area (Å²) in [7, 11) is -3.71. The molecule has 0 saturated carbocycles. The molecule has 6 heteroatoms. The van der Waals surface area contributed by atoms with Crippen LogP contribution in [0.25, 0.3) is 0 Å². The van der Waals surface area contributed by atoms with Crippen LogP contribution in [-0.4, -0.2) is 26.1 Å². The highest BCUT2D eigenvalue weighted by molar-refractivity contribution is 7.92. The first kappa shape index (κ1) is 14.5. The molecule has 1 unspecified atom stereocenters. The van der Waals surface area contributed by atoms with E-state index in [2.05, 4.69) is 5.32 Å². The zero-order chi connectivity index (χ0) is 13.9. The molecular weight excluding hydrogens is 252 g/mol. The number of carbonyl (C=O) groups is 1. The summed E-state index contributed by atoms with van der Waals surface area (Å²) in [6.07, 6.45) is 0. The van der Waals surface area contributed by atoms with Crippen LogP contribution < -0.4 is 11.1 Å². The number of anilines is 1. The van der Waals surface area contributed by atoms with Crippen molar-refractivity contribution in [3.8, 4) is 0 Å². The first-order valence-corrected chi connectivity index (χ1v) is 7.23. The molecule has 1 aromatic carbocycles. The topological polar surface area (TPSA) is 89.3 Å². The second-order valence-corrected chi connectivity index (χ2v) is 6.29. The Hall–Kier alpha value is -1.56. The van der Waals surface area contributed by atoms with Gasteiger partial charge in [-0.05, 0) is 38.5 Å². The van der Waals surface area contributed by atoms with Gasteiger partial charge in [-0.1, -0.05) is 6.07 Å². The normalized spacial score (nSPS) is 13.1. The van der Waals surface area contributed by atoms with E-state index in [0.717, 1.165) is 0 Å². The lowest BCUT2D eigenvalue weighted by Crippen LogP contribution is -2.38. The van der Waals surface area contributed by atoms with Crippen molar-refractivity contribution in [1.29, 1.82) is 0 Å². The van der Waals surface area contributed by atoms with Crippen LogP contribution in [0.15, 0.2) is 23.1 Å². The number of nitrogens with two attached hydrogens (primary N) is 1. The minimum Gasteiger partial charge on any atom is -0.398 e. The summed E-state index contributed by atoms with van der Waals surface area (Å²) in [6.45, 7) is 5.15. The van der Waals surface area contributed by atoms with Crippen molar-refractivity contribution in [3.05, 3.63) is 23.8 Å². The molecule has 0 saturated heterocycles. The molecule has 1 atom stereocenters. The lowest BCUT2D eigenvalue weighted by atomic mass is 10.2. The molecule has 0 radical (unpaired) electrons. The fraction of sp³-hybridized carbons (Fsp3) is 0.417. The quantitative estimate of drug-likeness (QED) is 0.795. The Morgan fingerprint density at radius 2 is 2.06 bits per heavy atom. The molecular formula is C12H18N2O3S. The van der Waals surface area contributed by atoms with Gasteiger partial charge in [0.25, 0.3) is 0 Å². The Labute approximate surface area is 107 Å². The molecule has 0 aliphatic heterocycles. The van der Waals surface area contributed by atoms with Crippen LogP contribution in [0.4, 0.5) is 5.69 Å². The van der Waals surface area contributed by atoms with Gasteiger partial charge in [0.2, 0.25) is 5.91 Å². The summed E-state index contributed by atoms with van der Waals surface area (Å²) in [5.41, 5.74) is 6.57. The van der Waals surface area contributed by atoms with E-state index in [0.29, 0.717) is 17.8 Å². The number of benzene rings is 1. The number of sulfone groups is 1. The van der Waals surface area contributed by atoms with Gasteiger partial charge in [-0.25, -0.2) is 8.42 Å². The number of amides is 1. The van der Waals surface area contributed by atoms with Crippen LogP contribution in [0.3, 0.4) is 0 Å². The van der Waals surface area contributed by atoms with Crippen LogP contribution in [-0.2, 0) is 14.6 Å². The number of rotatable bonds is 4. The number of carbonyl (C=O) groups excluding carboxylic acids is 1. The molecule has 5 nitrogen and oxygen atoms in total. The van der Waals surface area contributed by atoms with Gasteiger partial charge < -0.3 is 11.1 Å². The van der Waals surface area contributed by atoms with E-state index in [9.17, 15) is 13.2 Å². The number of nitrogen functional groups attached to an aromatic ring is 1. The molecule has 100 valence electrons. The third kappa shape index (κ3) is 2.64. The summed E-state index contributed by atoms with van der Waals surface area (Å²) in [5, 5.41) is 1.38. The van der Waals surface area contributed by atoms with E-state index in [4.69, 9.17) is 5.73 Å². The van der Waals surface area contributed by atoms with Crippen LogP contribution in [0.1, 0.15) is 19.4 Å². The molecule has 0 fully saturated rings. The van der Waals surface area contributed by atoms with Crippen LogP contribution in [0, 0.1) is 6.92 Å². The van der Waals surface area contributed by atoms with Crippen molar-refractivity contribution in [2.24, 2.45) is 0 Å². The lowest BCUT2D eigenvalue weighted by Gasteiger charge is -2.15. The summed E-state index contributed by atoms with van der Waals surface area (Å²) in [5.74, 6) is -0.501. The van der Waals surface area contributed by atoms with Crippen LogP contribution >= 0.6 is 0 Å². The van der Waals surface area contributed by atoms with Crippen LogP contribution in [0.2, 0.25) is 0 Å². The molecule has 18 heavy (non-hydrogen) atoms. The number of hydrogen-bond acceptors (Lipinski definition) is 4. The highest BCUT2D eigenvalue weighted by atomic mass is 32.2. The fourth-order valence-corrected chi connectivity index (χ4v) is 3.15. The molecule has 1 aromatic rings. The third-order valence-electron chi connectivity index (χ3n) is 2.82. The second-order valence-electron chi connectivity index (χ2n) is 4.05. The van der Waals surface area contributed by atoms with Crippen molar-refractivity contribution >= 4 is 21.4 Å². The van der Waals surface area contributed by atoms with Crippen molar-refractivity contribution in [2.45, 2.75) is 30.9 Å². The zero-order valence-corrected chi connectivity index (χ0v) is 11.5. The van der Waals surface area contributed by atoms with Gasteiger partial charge >= 0.3 is 0 Å². The van der Waals surface area contributed by atoms with E-state index in [-0.39, 0.29) is 4.90 Å². The first-order chi connectivity index (χ1) is 8.32. The predicted octanol–water partition coefficient (Wildman–Crippen LogP) is 0.876. The average molecular weight is 270 g/mol. The Morgan fingerprint density at radius 1 is 1.44 bits per heavy atom. The first-order valence-electron chi connectivity index (χ1n) is 5.69. The SMILES string of the molecule is CCNC(=O)C(C)S(=O)(=O)c1cccc(N)c1C. The van der Waals surface area contributed by atoms with Crippen LogP contribution in [0.5, 0.6) is 0 Å². The van der Waals surface area contributed by atoms with E-state index >= 15 is 0 Å². The zero-order valence-electron chi connectivity index (χ0n) is 10.7. The van der Waals surface area contributed by atoms with Gasteiger partial charge in [-0.2, -0.15) is 0 Å². The molecule has 3 N–H and O–H groups in total. The Kier molecular flexibility index (Phi) is 4.34. The number of nitrogens with one attached hydrogen (secondary N) is 1. The van der Waals surface area contributed by atoms with Gasteiger partial charge in [0.05, 0.1) is 4.90 Å². The average Bonchev–Trinajstić information content (AvgIpc) is 2.31. The Morgan fingerprint density at radius 3 is 2.61 bits per heavy atom. The fourth-order valence-electron chi connectivity index (χ4n) is 1.59. The second kappa shape index (κ2) is 5.39. The summed E-state index contributed by atoms with van der Waals surface area (Å²) in [4.78, 5) is 11.7. The minimum atomic E-state index is -3.71. The molecule has 0 bridgehead atoms. The molecule has 0 heterocycles. The lowest BCUT2D eigenvalue weighted by molar-refractivity contribution is -0.120. The van der Waals surface area contributed by atoms with E-state index in [1.54, 1.807) is 26.0 Å². The predicted molar refractivity (Wildman–Crippen MR) is 70.9 cm³/mol. The summed E-state index contributed by atoms with van der Waals surface area (Å²) in [6, 6.07) is 4.67. The molecule has 0 aromatic heterocycles. The van der Waals surface area contributed by atoms with E-state index < -0.39 is 21.0 Å². The number of hydrogen-bond donors (Lipinski definition) is 2. The van der Waals surface area contributed by atoms with Gasteiger partial charge in [0.1, 0.15) is 5.25 Å². The molecule has 0 aliphatic rings. The minimum absolute atomic E-state index is 0.112. The Bertz CT molecular complexity index is 552. The Balaban J connectivity index is 3.22. The summed E-state index contributed by atoms with van der Waals surface area (Å²) >= 11 is 0. The van der Waals surface area contributed by atoms with E-state index in [1.165, 1.54) is 13.0 Å². The maximum absolute atomic E-state index is 12.3. The summed E-state index contributed by atoms with van der Waals surface area (Å²) < 4.78 is 24.6. The highest BCUT2D eigenvalue weighted by Crippen LogP contribution is 2.24. The maximum atomic E-state index is 12.3. The maximum Gasteiger partial charge on any atom is 0.238 e. The molecule has 0 aliphatic carbocycles. The third-order valence-corrected chi connectivity index (χ3v) is 5.02. The van der Waals surface area contributed by atoms with Gasteiger partial charge in [0.15, 0.2) is 9.84 Å². The van der Waals surface area contributed by atoms with Crippen molar-refractivity contribution in [2.75, 3.05) is 12.3 Å². The van der Waals surface area contributed by atoms with Gasteiger partial charge in [0, 0.05) is 12.2 Å². The van der Waals surface area contributed by atoms with Crippen molar-refractivity contribution in [3.63, 3.8) is 0 Å². The smallest absolute Gasteiger partial charge is 0.238 e. The van der Waals surface area contributed by atoms with E-state index in [1.807, 2.05) is 0 Å². The van der Waals surface area contributed by atoms with Crippen molar-refractivity contribution in [1.82, 2.24) is 5.32 Å². The molecule has 0 spiro atoms.